The number of nitrogens with zero attached hydrogens (tertiary/aromatic N) is 4. The molecule has 0 aliphatic carbocycles. The maximum absolute atomic E-state index is 12.6. The molecule has 1 atom stereocenters. The first-order chi connectivity index (χ1) is 13.1. The fraction of sp³-hybridized carbons (Fsp3) is 0.105. The summed E-state index contributed by atoms with van der Waals surface area (Å²) < 4.78 is 1.22. The van der Waals surface area contributed by atoms with Gasteiger partial charge in [-0.3, -0.25) is 14.2 Å². The van der Waals surface area contributed by atoms with Crippen molar-refractivity contribution >= 4 is 33.4 Å². The Balaban J connectivity index is 1.67. The van der Waals surface area contributed by atoms with Crippen LogP contribution in [0.2, 0.25) is 0 Å². The van der Waals surface area contributed by atoms with Crippen LogP contribution in [0.15, 0.2) is 69.9 Å². The molecule has 2 N–H and O–H groups in total. The lowest BCUT2D eigenvalue weighted by Gasteiger charge is -2.11. The molecule has 0 aliphatic heterocycles. The second-order valence-corrected chi connectivity index (χ2v) is 6.06. The molecule has 2 aromatic heterocycles. The van der Waals surface area contributed by atoms with Gasteiger partial charge in [-0.25, -0.2) is 4.98 Å². The number of para-hydroxylation sites is 2. The van der Waals surface area contributed by atoms with Crippen molar-refractivity contribution in [3.8, 4) is 5.88 Å². The van der Waals surface area contributed by atoms with E-state index in [9.17, 15) is 14.7 Å². The van der Waals surface area contributed by atoms with Crippen LogP contribution in [0, 0.1) is 0 Å². The maximum Gasteiger partial charge on any atom is 0.287 e. The van der Waals surface area contributed by atoms with E-state index in [0.717, 1.165) is 0 Å². The number of hydrogen-bond donors (Lipinski definition) is 2. The zero-order chi connectivity index (χ0) is 19.0. The lowest BCUT2D eigenvalue weighted by molar-refractivity contribution is -0.121. The van der Waals surface area contributed by atoms with Crippen molar-refractivity contribution in [3.63, 3.8) is 0 Å². The smallest absolute Gasteiger partial charge is 0.287 e. The zero-order valence-electron chi connectivity index (χ0n) is 14.3. The first-order valence-corrected chi connectivity index (χ1v) is 8.27. The summed E-state index contributed by atoms with van der Waals surface area (Å²) in [4.78, 5) is 32.0. The highest BCUT2D eigenvalue weighted by molar-refractivity contribution is 5.94. The number of hydrogen-bond acceptors (Lipinski definition) is 5. The summed E-state index contributed by atoms with van der Waals surface area (Å²) in [5.74, 6) is -0.802. The molecule has 0 unspecified atom stereocenters. The fourth-order valence-electron chi connectivity index (χ4n) is 2.87. The number of fused-ring (bicyclic) bond motifs is 2. The van der Waals surface area contributed by atoms with Gasteiger partial charge < -0.3 is 10.1 Å². The van der Waals surface area contributed by atoms with Gasteiger partial charge in [0.25, 0.3) is 11.5 Å². The number of aromatic nitrogens is 3. The van der Waals surface area contributed by atoms with Gasteiger partial charge in [0, 0.05) is 5.39 Å². The Bertz CT molecular complexity index is 1260. The first-order valence-electron chi connectivity index (χ1n) is 8.27. The number of nitrogens with one attached hydrogen (secondary N) is 1. The van der Waals surface area contributed by atoms with E-state index < -0.39 is 11.9 Å². The second kappa shape index (κ2) is 6.49. The van der Waals surface area contributed by atoms with Gasteiger partial charge in [0.2, 0.25) is 5.88 Å². The largest absolute Gasteiger partial charge is 0.493 e. The molecule has 2 heterocycles. The van der Waals surface area contributed by atoms with Crippen LogP contribution < -0.4 is 5.56 Å². The van der Waals surface area contributed by atoms with Crippen molar-refractivity contribution in [2.24, 2.45) is 10.2 Å². The van der Waals surface area contributed by atoms with Crippen LogP contribution in [0.5, 0.6) is 5.88 Å². The molecular formula is C19H15N5O3. The minimum absolute atomic E-state index is 0.176. The Kier molecular flexibility index (Phi) is 4.00. The van der Waals surface area contributed by atoms with Gasteiger partial charge >= 0.3 is 0 Å². The molecule has 4 rings (SSSR count). The van der Waals surface area contributed by atoms with Crippen molar-refractivity contribution in [2.45, 2.75) is 13.0 Å². The lowest BCUT2D eigenvalue weighted by atomic mass is 10.2. The average molecular weight is 361 g/mol. The van der Waals surface area contributed by atoms with E-state index in [1.165, 1.54) is 10.9 Å². The number of H-pyrrole nitrogens is 1. The predicted octanol–water partition coefficient (Wildman–Crippen LogP) is 3.45. The summed E-state index contributed by atoms with van der Waals surface area (Å²) in [7, 11) is 0. The molecule has 134 valence electrons. The minimum atomic E-state index is -0.884. The average Bonchev–Trinajstić information content (AvgIpc) is 3.01. The quantitative estimate of drug-likeness (QED) is 0.544. The van der Waals surface area contributed by atoms with Gasteiger partial charge in [0.1, 0.15) is 6.04 Å². The normalized spacial score (nSPS) is 12.8. The van der Waals surface area contributed by atoms with Gasteiger partial charge in [-0.05, 0) is 25.1 Å². The Labute approximate surface area is 152 Å². The number of amides is 1. The second-order valence-electron chi connectivity index (χ2n) is 6.06. The fourth-order valence-corrected chi connectivity index (χ4v) is 2.87. The molecule has 0 fully saturated rings. The molecule has 0 radical (unpaired) electrons. The highest BCUT2D eigenvalue weighted by atomic mass is 16.3. The van der Waals surface area contributed by atoms with Gasteiger partial charge in [0.05, 0.1) is 22.7 Å². The van der Waals surface area contributed by atoms with Crippen LogP contribution in [-0.2, 0) is 4.79 Å². The summed E-state index contributed by atoms with van der Waals surface area (Å²) in [5, 5.41) is 18.6. The van der Waals surface area contributed by atoms with E-state index in [0.29, 0.717) is 21.8 Å². The monoisotopic (exact) mass is 361 g/mol. The van der Waals surface area contributed by atoms with Crippen molar-refractivity contribution in [3.05, 3.63) is 65.2 Å². The van der Waals surface area contributed by atoms with E-state index in [-0.39, 0.29) is 17.1 Å². The molecule has 0 bridgehead atoms. The zero-order valence-corrected chi connectivity index (χ0v) is 14.3. The summed E-state index contributed by atoms with van der Waals surface area (Å²) in [5.41, 5.74) is 1.09. The molecule has 8 heteroatoms. The third-order valence-corrected chi connectivity index (χ3v) is 4.37. The Morgan fingerprint density at radius 2 is 1.85 bits per heavy atom. The van der Waals surface area contributed by atoms with Crippen molar-refractivity contribution < 1.29 is 9.90 Å². The molecule has 0 spiro atoms. The maximum atomic E-state index is 12.6. The van der Waals surface area contributed by atoms with Crippen molar-refractivity contribution in [1.29, 1.82) is 0 Å². The van der Waals surface area contributed by atoms with Gasteiger partial charge in [-0.15, -0.1) is 10.2 Å². The molecule has 1 amide bonds. The van der Waals surface area contributed by atoms with Crippen molar-refractivity contribution in [1.82, 2.24) is 14.5 Å². The predicted molar refractivity (Wildman–Crippen MR) is 100 cm³/mol. The Morgan fingerprint density at radius 3 is 2.67 bits per heavy atom. The lowest BCUT2D eigenvalue weighted by Crippen LogP contribution is -2.27. The Hall–Kier alpha value is -3.81. The van der Waals surface area contributed by atoms with Crippen LogP contribution >= 0.6 is 0 Å². The SMILES string of the molecule is C[C@H](C(=O)N=Nc1c(O)[nH]c2ccccc12)n1cnc2ccccc2c1=O. The van der Waals surface area contributed by atoms with Crippen LogP contribution in [0.25, 0.3) is 21.8 Å². The first kappa shape index (κ1) is 16.6. The van der Waals surface area contributed by atoms with Gasteiger partial charge in [0.15, 0.2) is 5.69 Å². The summed E-state index contributed by atoms with van der Waals surface area (Å²) >= 11 is 0. The standard InChI is InChI=1S/C19H15N5O3/c1-11(24-10-20-14-8-4-3-7-13(14)19(24)27)17(25)23-22-16-12-6-2-5-9-15(12)21-18(16)26/h2-11,21,26H,1H3/t11-/m1/s1. The van der Waals surface area contributed by atoms with E-state index in [1.54, 1.807) is 49.4 Å². The highest BCUT2D eigenvalue weighted by Gasteiger charge is 2.18. The number of carbonyl (C=O) groups is 1. The van der Waals surface area contributed by atoms with Crippen LogP contribution in [0.1, 0.15) is 13.0 Å². The number of rotatable bonds is 3. The summed E-state index contributed by atoms with van der Waals surface area (Å²) in [6, 6.07) is 13.2. The Morgan fingerprint density at radius 1 is 1.15 bits per heavy atom. The van der Waals surface area contributed by atoms with Gasteiger partial charge in [-0.2, -0.15) is 0 Å². The molecule has 27 heavy (non-hydrogen) atoms. The number of aromatic hydroxyl groups is 1. The minimum Gasteiger partial charge on any atom is -0.493 e. The summed E-state index contributed by atoms with van der Waals surface area (Å²) in [6.45, 7) is 1.55. The molecule has 0 aliphatic rings. The molecule has 2 aromatic carbocycles. The van der Waals surface area contributed by atoms with Crippen LogP contribution in [0.3, 0.4) is 0 Å². The molecule has 0 saturated heterocycles. The highest BCUT2D eigenvalue weighted by Crippen LogP contribution is 2.35. The van der Waals surface area contributed by atoms with E-state index >= 15 is 0 Å². The molecular weight excluding hydrogens is 346 g/mol. The third-order valence-electron chi connectivity index (χ3n) is 4.37. The molecule has 4 aromatic rings. The third kappa shape index (κ3) is 2.86. The van der Waals surface area contributed by atoms with Gasteiger partial charge in [-0.1, -0.05) is 30.3 Å². The number of azo groups is 1. The van der Waals surface area contributed by atoms with Crippen LogP contribution in [-0.4, -0.2) is 25.5 Å². The molecule has 0 saturated carbocycles. The number of aromatic amines is 1. The van der Waals surface area contributed by atoms with E-state index in [1.807, 2.05) is 6.07 Å². The van der Waals surface area contributed by atoms with E-state index in [4.69, 9.17) is 0 Å². The molecule has 8 nitrogen and oxygen atoms in total. The number of carbonyl (C=O) groups excluding carboxylic acids is 1. The number of benzene rings is 2. The van der Waals surface area contributed by atoms with Crippen molar-refractivity contribution in [2.75, 3.05) is 0 Å². The topological polar surface area (TPSA) is 113 Å². The summed E-state index contributed by atoms with van der Waals surface area (Å²) in [6.07, 6.45) is 1.33. The van der Waals surface area contributed by atoms with E-state index in [2.05, 4.69) is 20.2 Å². The van der Waals surface area contributed by atoms with Crippen LogP contribution in [0.4, 0.5) is 5.69 Å².